The van der Waals surface area contributed by atoms with Crippen molar-refractivity contribution in [1.29, 1.82) is 0 Å². The molecule has 174 valence electrons. The van der Waals surface area contributed by atoms with Crippen molar-refractivity contribution in [3.63, 3.8) is 0 Å². The summed E-state index contributed by atoms with van der Waals surface area (Å²) in [7, 11) is 1.28. The lowest BCUT2D eigenvalue weighted by Crippen LogP contribution is -2.22. The van der Waals surface area contributed by atoms with Gasteiger partial charge in [0, 0.05) is 21.1 Å². The molecule has 1 amide bonds. The number of hydrogen-bond donors (Lipinski definition) is 1. The van der Waals surface area contributed by atoms with E-state index in [1.165, 1.54) is 30.2 Å². The van der Waals surface area contributed by atoms with E-state index in [9.17, 15) is 14.4 Å². The van der Waals surface area contributed by atoms with E-state index >= 15 is 0 Å². The minimum atomic E-state index is -0.612. The van der Waals surface area contributed by atoms with E-state index in [4.69, 9.17) is 14.0 Å². The second-order valence-corrected chi connectivity index (χ2v) is 9.43. The van der Waals surface area contributed by atoms with E-state index in [-0.39, 0.29) is 0 Å². The molecule has 2 heterocycles. The molecule has 0 fully saturated rings. The van der Waals surface area contributed by atoms with Crippen LogP contribution in [0.1, 0.15) is 48.2 Å². The zero-order chi connectivity index (χ0) is 24.1. The smallest absolute Gasteiger partial charge is 0.341 e. The minimum absolute atomic E-state index is 0.306. The van der Waals surface area contributed by atoms with Crippen LogP contribution >= 0.6 is 23.1 Å². The molecule has 0 saturated heterocycles. The first-order valence-electron chi connectivity index (χ1n) is 10.0. The van der Waals surface area contributed by atoms with Crippen LogP contribution in [0.3, 0.4) is 0 Å². The third-order valence-corrected chi connectivity index (χ3v) is 7.25. The fraction of sp³-hybridized carbons (Fsp3) is 0.304. The number of hydrogen-bond acceptors (Lipinski definition) is 9. The summed E-state index contributed by atoms with van der Waals surface area (Å²) in [5.74, 6) is -0.371. The molecule has 0 unspecified atom stereocenters. The Balaban J connectivity index is 1.64. The number of carbonyl (C=O) groups excluding carboxylic acids is 3. The molecule has 0 aliphatic carbocycles. The Bertz CT molecular complexity index is 1180. The molecule has 2 aromatic heterocycles. The van der Waals surface area contributed by atoms with E-state index in [1.807, 2.05) is 32.9 Å². The summed E-state index contributed by atoms with van der Waals surface area (Å²) >= 11 is 2.72. The molecular weight excluding hydrogens is 464 g/mol. The van der Waals surface area contributed by atoms with Crippen LogP contribution in [-0.2, 0) is 20.0 Å². The van der Waals surface area contributed by atoms with Crippen molar-refractivity contribution in [2.45, 2.75) is 38.3 Å². The van der Waals surface area contributed by atoms with Crippen LogP contribution in [0, 0.1) is 27.7 Å². The van der Waals surface area contributed by atoms with Gasteiger partial charge in [0.1, 0.15) is 10.8 Å². The van der Waals surface area contributed by atoms with Gasteiger partial charge in [-0.15, -0.1) is 23.1 Å². The van der Waals surface area contributed by atoms with Crippen LogP contribution in [0.4, 0.5) is 5.00 Å². The number of amides is 1. The SMILES string of the molecule is COC(=O)c1c(NC(=O)COC(=O)c2ccccc2SCc2c(C)noc2C)sc(C)c1C. The van der Waals surface area contributed by atoms with Gasteiger partial charge in [0.05, 0.1) is 23.9 Å². The van der Waals surface area contributed by atoms with Gasteiger partial charge < -0.3 is 19.3 Å². The van der Waals surface area contributed by atoms with Gasteiger partial charge in [0.2, 0.25) is 0 Å². The predicted molar refractivity (Wildman–Crippen MR) is 126 cm³/mol. The second kappa shape index (κ2) is 10.7. The zero-order valence-electron chi connectivity index (χ0n) is 18.9. The fourth-order valence-corrected chi connectivity index (χ4v) is 5.31. The van der Waals surface area contributed by atoms with Gasteiger partial charge in [-0.2, -0.15) is 0 Å². The third-order valence-electron chi connectivity index (χ3n) is 5.02. The monoisotopic (exact) mass is 488 g/mol. The maximum atomic E-state index is 12.7. The maximum Gasteiger partial charge on any atom is 0.341 e. The molecule has 3 aromatic rings. The van der Waals surface area contributed by atoms with Crippen molar-refractivity contribution >= 4 is 45.9 Å². The highest BCUT2D eigenvalue weighted by atomic mass is 32.2. The highest BCUT2D eigenvalue weighted by molar-refractivity contribution is 7.98. The van der Waals surface area contributed by atoms with Gasteiger partial charge in [-0.25, -0.2) is 9.59 Å². The van der Waals surface area contributed by atoms with Gasteiger partial charge in [-0.05, 0) is 45.4 Å². The summed E-state index contributed by atoms with van der Waals surface area (Å²) in [6.07, 6.45) is 0. The van der Waals surface area contributed by atoms with Gasteiger partial charge in [-0.3, -0.25) is 4.79 Å². The number of thiophene rings is 1. The number of aryl methyl sites for hydroxylation is 3. The molecule has 0 spiro atoms. The van der Waals surface area contributed by atoms with Crippen molar-refractivity contribution in [3.05, 3.63) is 62.9 Å². The number of aromatic nitrogens is 1. The summed E-state index contributed by atoms with van der Waals surface area (Å²) < 4.78 is 15.2. The van der Waals surface area contributed by atoms with E-state index < -0.39 is 24.5 Å². The van der Waals surface area contributed by atoms with Crippen LogP contribution in [0.15, 0.2) is 33.7 Å². The number of esters is 2. The van der Waals surface area contributed by atoms with E-state index in [1.54, 1.807) is 19.1 Å². The molecule has 8 nitrogen and oxygen atoms in total. The first-order valence-corrected chi connectivity index (χ1v) is 11.8. The number of methoxy groups -OCH3 is 1. The molecule has 0 bridgehead atoms. The van der Waals surface area contributed by atoms with E-state index in [2.05, 4.69) is 10.5 Å². The standard InChI is InChI=1S/C23H24N2O6S2/c1-12-15(4)33-21(20(12)23(28)29-5)24-19(26)10-30-22(27)16-8-6-7-9-18(16)32-11-17-13(2)25-31-14(17)3/h6-9H,10-11H2,1-5H3,(H,24,26). The topological polar surface area (TPSA) is 108 Å². The lowest BCUT2D eigenvalue weighted by Gasteiger charge is -2.10. The van der Waals surface area contributed by atoms with Crippen LogP contribution in [-0.4, -0.2) is 36.7 Å². The van der Waals surface area contributed by atoms with Crippen molar-refractivity contribution in [1.82, 2.24) is 5.16 Å². The molecular formula is C23H24N2O6S2. The van der Waals surface area contributed by atoms with Crippen LogP contribution in [0.25, 0.3) is 0 Å². The Morgan fingerprint density at radius 1 is 1.12 bits per heavy atom. The number of carbonyl (C=O) groups is 3. The maximum absolute atomic E-state index is 12.7. The first-order chi connectivity index (χ1) is 15.7. The quantitative estimate of drug-likeness (QED) is 0.354. The number of ether oxygens (including phenoxy) is 2. The van der Waals surface area contributed by atoms with Gasteiger partial charge in [0.25, 0.3) is 5.91 Å². The Morgan fingerprint density at radius 2 is 1.85 bits per heavy atom. The highest BCUT2D eigenvalue weighted by Crippen LogP contribution is 2.33. The number of benzene rings is 1. The van der Waals surface area contributed by atoms with Gasteiger partial charge in [-0.1, -0.05) is 17.3 Å². The fourth-order valence-electron chi connectivity index (χ4n) is 3.05. The van der Waals surface area contributed by atoms with E-state index in [0.29, 0.717) is 21.9 Å². The molecule has 0 saturated carbocycles. The number of rotatable bonds is 8. The average Bonchev–Trinajstić information content (AvgIpc) is 3.27. The predicted octanol–water partition coefficient (Wildman–Crippen LogP) is 4.84. The summed E-state index contributed by atoms with van der Waals surface area (Å²) in [6, 6.07) is 7.03. The molecule has 0 aliphatic heterocycles. The zero-order valence-corrected chi connectivity index (χ0v) is 20.6. The molecule has 33 heavy (non-hydrogen) atoms. The van der Waals surface area contributed by atoms with Crippen LogP contribution in [0.5, 0.6) is 0 Å². The summed E-state index contributed by atoms with van der Waals surface area (Å²) in [5.41, 5.74) is 3.19. The van der Waals surface area contributed by atoms with Gasteiger partial charge in [0.15, 0.2) is 6.61 Å². The highest BCUT2D eigenvalue weighted by Gasteiger charge is 2.22. The first kappa shape index (κ1) is 24.5. The average molecular weight is 489 g/mol. The number of nitrogens with one attached hydrogen (secondary N) is 1. The van der Waals surface area contributed by atoms with Crippen LogP contribution in [0.2, 0.25) is 0 Å². The van der Waals surface area contributed by atoms with Crippen molar-refractivity contribution < 1.29 is 28.4 Å². The van der Waals surface area contributed by atoms with Crippen molar-refractivity contribution in [3.8, 4) is 0 Å². The molecule has 0 radical (unpaired) electrons. The van der Waals surface area contributed by atoms with E-state index in [0.717, 1.165) is 32.4 Å². The normalized spacial score (nSPS) is 10.7. The largest absolute Gasteiger partial charge is 0.465 e. The van der Waals surface area contributed by atoms with Crippen molar-refractivity contribution in [2.75, 3.05) is 19.0 Å². The Labute approximate surface area is 199 Å². The Kier molecular flexibility index (Phi) is 7.93. The molecule has 10 heteroatoms. The number of thioether (sulfide) groups is 1. The van der Waals surface area contributed by atoms with Gasteiger partial charge >= 0.3 is 11.9 Å². The molecule has 1 N–H and O–H groups in total. The molecule has 3 rings (SSSR count). The Morgan fingerprint density at radius 3 is 2.52 bits per heavy atom. The molecule has 0 aliphatic rings. The number of nitrogens with zero attached hydrogens (tertiary/aromatic N) is 1. The third kappa shape index (κ3) is 5.63. The molecule has 0 atom stereocenters. The summed E-state index contributed by atoms with van der Waals surface area (Å²) in [5, 5.41) is 6.96. The van der Waals surface area contributed by atoms with Crippen LogP contribution < -0.4 is 5.32 Å². The Hall–Kier alpha value is -3.11. The summed E-state index contributed by atoms with van der Waals surface area (Å²) in [6.45, 7) is 6.85. The van der Waals surface area contributed by atoms with Crippen molar-refractivity contribution in [2.24, 2.45) is 0 Å². The number of anilines is 1. The second-order valence-electron chi connectivity index (χ2n) is 7.19. The summed E-state index contributed by atoms with van der Waals surface area (Å²) in [4.78, 5) is 38.8. The molecule has 1 aromatic carbocycles. The minimum Gasteiger partial charge on any atom is -0.465 e. The lowest BCUT2D eigenvalue weighted by atomic mass is 10.1. The lowest BCUT2D eigenvalue weighted by molar-refractivity contribution is -0.119.